The van der Waals surface area contributed by atoms with Crippen LogP contribution in [0.1, 0.15) is 40.0 Å². The highest BCUT2D eigenvalue weighted by molar-refractivity contribution is 6.07. The molecule has 10 heteroatoms. The second kappa shape index (κ2) is 9.60. The van der Waals surface area contributed by atoms with E-state index in [0.29, 0.717) is 56.2 Å². The SMILES string of the molecule is Cn1nccc1C(=O)NC(Cc1cccc2c1CCO2)C(=O)Nc1ccc2c(c1)NC(=O)C21CCOCC1. The summed E-state index contributed by atoms with van der Waals surface area (Å²) in [6.45, 7) is 1.67. The van der Waals surface area contributed by atoms with E-state index >= 15 is 0 Å². The largest absolute Gasteiger partial charge is 0.493 e. The molecule has 6 rings (SSSR count). The van der Waals surface area contributed by atoms with Crippen molar-refractivity contribution < 1.29 is 23.9 Å². The van der Waals surface area contributed by atoms with E-state index < -0.39 is 17.4 Å². The van der Waals surface area contributed by atoms with Crippen LogP contribution in [0.5, 0.6) is 5.75 Å². The molecule has 1 spiro atoms. The molecule has 3 N–H and O–H groups in total. The van der Waals surface area contributed by atoms with E-state index in [1.807, 2.05) is 30.3 Å². The molecule has 1 saturated heterocycles. The van der Waals surface area contributed by atoms with Crippen LogP contribution in [0.2, 0.25) is 0 Å². The third kappa shape index (κ3) is 4.20. The third-order valence-electron chi connectivity index (χ3n) is 7.77. The zero-order chi connectivity index (χ0) is 26.3. The normalized spacial score (nSPS) is 17.8. The second-order valence-electron chi connectivity index (χ2n) is 9.96. The molecule has 0 saturated carbocycles. The maximum absolute atomic E-state index is 13.6. The van der Waals surface area contributed by atoms with Gasteiger partial charge in [0.1, 0.15) is 17.5 Å². The van der Waals surface area contributed by atoms with Crippen molar-refractivity contribution in [2.24, 2.45) is 7.05 Å². The summed E-state index contributed by atoms with van der Waals surface area (Å²) in [7, 11) is 1.68. The van der Waals surface area contributed by atoms with Crippen molar-refractivity contribution in [3.05, 3.63) is 71.0 Å². The van der Waals surface area contributed by atoms with Gasteiger partial charge in [0.05, 0.1) is 12.0 Å². The summed E-state index contributed by atoms with van der Waals surface area (Å²) in [6.07, 6.45) is 3.85. The van der Waals surface area contributed by atoms with E-state index in [1.54, 1.807) is 19.2 Å². The van der Waals surface area contributed by atoms with Crippen molar-refractivity contribution in [3.8, 4) is 5.75 Å². The van der Waals surface area contributed by atoms with Gasteiger partial charge in [0.15, 0.2) is 0 Å². The van der Waals surface area contributed by atoms with Crippen LogP contribution in [0.25, 0.3) is 0 Å². The monoisotopic (exact) mass is 515 g/mol. The Kier molecular flexibility index (Phi) is 6.11. The fourth-order valence-electron chi connectivity index (χ4n) is 5.70. The first-order valence-electron chi connectivity index (χ1n) is 12.8. The maximum atomic E-state index is 13.6. The van der Waals surface area contributed by atoms with E-state index in [4.69, 9.17) is 9.47 Å². The molecule has 38 heavy (non-hydrogen) atoms. The Morgan fingerprint density at radius 3 is 2.79 bits per heavy atom. The highest BCUT2D eigenvalue weighted by Gasteiger charge is 2.47. The summed E-state index contributed by atoms with van der Waals surface area (Å²) in [6, 6.07) is 12.0. The number of benzene rings is 2. The molecule has 1 aromatic heterocycles. The van der Waals surface area contributed by atoms with Crippen LogP contribution >= 0.6 is 0 Å². The molecule has 196 valence electrons. The van der Waals surface area contributed by atoms with Crippen LogP contribution in [0.4, 0.5) is 11.4 Å². The number of carbonyl (C=O) groups is 3. The molecular formula is C28H29N5O5. The van der Waals surface area contributed by atoms with Crippen LogP contribution < -0.4 is 20.7 Å². The average molecular weight is 516 g/mol. The molecule has 1 unspecified atom stereocenters. The second-order valence-corrected chi connectivity index (χ2v) is 9.96. The van der Waals surface area contributed by atoms with Gasteiger partial charge >= 0.3 is 0 Å². The maximum Gasteiger partial charge on any atom is 0.270 e. The van der Waals surface area contributed by atoms with E-state index in [1.165, 1.54) is 10.9 Å². The number of ether oxygens (including phenoxy) is 2. The quantitative estimate of drug-likeness (QED) is 0.463. The smallest absolute Gasteiger partial charge is 0.270 e. The minimum absolute atomic E-state index is 0.0271. The van der Waals surface area contributed by atoms with Gasteiger partial charge in [-0.3, -0.25) is 19.1 Å². The first-order valence-corrected chi connectivity index (χ1v) is 12.8. The standard InChI is InChI=1S/C28H29N5O5/c1-33-23(7-11-29-33)26(35)31-22(15-17-3-2-4-24-19(17)8-12-38-24)25(34)30-18-5-6-20-21(16-18)32-27(36)28(20)9-13-37-14-10-28/h2-7,11,16,22H,8-10,12-15H2,1H3,(H,30,34)(H,31,35)(H,32,36). The Hall–Kier alpha value is -4.18. The van der Waals surface area contributed by atoms with Crippen molar-refractivity contribution >= 4 is 29.1 Å². The van der Waals surface area contributed by atoms with Gasteiger partial charge in [-0.1, -0.05) is 18.2 Å². The lowest BCUT2D eigenvalue weighted by Gasteiger charge is -2.31. The van der Waals surface area contributed by atoms with Gasteiger partial charge in [0.2, 0.25) is 11.8 Å². The molecular weight excluding hydrogens is 486 g/mol. The van der Waals surface area contributed by atoms with Crippen molar-refractivity contribution in [2.75, 3.05) is 30.5 Å². The lowest BCUT2D eigenvalue weighted by atomic mass is 9.75. The first-order chi connectivity index (χ1) is 18.4. The number of hydrogen-bond acceptors (Lipinski definition) is 6. The number of amides is 3. The van der Waals surface area contributed by atoms with Crippen LogP contribution in [0, 0.1) is 0 Å². The van der Waals surface area contributed by atoms with E-state index in [0.717, 1.165) is 28.9 Å². The Bertz CT molecular complexity index is 1420. The highest BCUT2D eigenvalue weighted by Crippen LogP contribution is 2.45. The van der Waals surface area contributed by atoms with Gasteiger partial charge in [0.25, 0.3) is 5.91 Å². The Morgan fingerprint density at radius 2 is 2.00 bits per heavy atom. The lowest BCUT2D eigenvalue weighted by Crippen LogP contribution is -2.45. The number of carbonyl (C=O) groups excluding carboxylic acids is 3. The van der Waals surface area contributed by atoms with Crippen molar-refractivity contribution in [3.63, 3.8) is 0 Å². The van der Waals surface area contributed by atoms with Gasteiger partial charge in [-0.05, 0) is 48.2 Å². The molecule has 1 atom stereocenters. The van der Waals surface area contributed by atoms with Crippen LogP contribution in [-0.4, -0.2) is 53.4 Å². The summed E-state index contributed by atoms with van der Waals surface area (Å²) in [5, 5.41) is 12.9. The minimum atomic E-state index is -0.853. The van der Waals surface area contributed by atoms with Gasteiger partial charge in [-0.2, -0.15) is 5.10 Å². The number of fused-ring (bicyclic) bond motifs is 3. The Labute approximate surface area is 219 Å². The third-order valence-corrected chi connectivity index (χ3v) is 7.77. The summed E-state index contributed by atoms with van der Waals surface area (Å²) < 4.78 is 12.6. The Balaban J connectivity index is 1.25. The number of aromatic nitrogens is 2. The van der Waals surface area contributed by atoms with E-state index in [2.05, 4.69) is 21.0 Å². The molecule has 3 amide bonds. The average Bonchev–Trinajstić information content (AvgIpc) is 3.63. The number of nitrogens with zero attached hydrogens (tertiary/aromatic N) is 2. The highest BCUT2D eigenvalue weighted by atomic mass is 16.5. The predicted molar refractivity (Wildman–Crippen MR) is 139 cm³/mol. The summed E-state index contributed by atoms with van der Waals surface area (Å²) in [5.41, 5.74) is 3.96. The molecule has 3 aliphatic rings. The van der Waals surface area contributed by atoms with Crippen molar-refractivity contribution in [2.45, 2.75) is 37.1 Å². The molecule has 0 radical (unpaired) electrons. The molecule has 10 nitrogen and oxygen atoms in total. The van der Waals surface area contributed by atoms with Crippen molar-refractivity contribution in [1.29, 1.82) is 0 Å². The van der Waals surface area contributed by atoms with Crippen LogP contribution in [-0.2, 0) is 39.6 Å². The van der Waals surface area contributed by atoms with Crippen LogP contribution in [0.3, 0.4) is 0 Å². The summed E-state index contributed by atoms with van der Waals surface area (Å²) in [4.78, 5) is 39.5. The molecule has 4 heterocycles. The topological polar surface area (TPSA) is 124 Å². The molecule has 2 aromatic carbocycles. The Morgan fingerprint density at radius 1 is 1.16 bits per heavy atom. The van der Waals surface area contributed by atoms with Crippen molar-refractivity contribution in [1.82, 2.24) is 15.1 Å². The number of rotatable bonds is 6. The zero-order valence-corrected chi connectivity index (χ0v) is 21.1. The fourth-order valence-corrected chi connectivity index (χ4v) is 5.70. The lowest BCUT2D eigenvalue weighted by molar-refractivity contribution is -0.124. The fraction of sp³-hybridized carbons (Fsp3) is 0.357. The number of nitrogens with one attached hydrogen (secondary N) is 3. The molecule has 0 bridgehead atoms. The number of hydrogen-bond donors (Lipinski definition) is 3. The van der Waals surface area contributed by atoms with E-state index in [9.17, 15) is 14.4 Å². The van der Waals surface area contributed by atoms with Gasteiger partial charge in [-0.25, -0.2) is 0 Å². The number of anilines is 2. The number of aryl methyl sites for hydroxylation is 1. The first kappa shape index (κ1) is 24.2. The molecule has 3 aromatic rings. The predicted octanol–water partition coefficient (Wildman–Crippen LogP) is 2.34. The van der Waals surface area contributed by atoms with Gasteiger partial charge in [0, 0.05) is 56.2 Å². The molecule has 0 aliphatic carbocycles. The minimum Gasteiger partial charge on any atom is -0.493 e. The van der Waals surface area contributed by atoms with Gasteiger partial charge in [-0.15, -0.1) is 0 Å². The van der Waals surface area contributed by atoms with Gasteiger partial charge < -0.3 is 25.4 Å². The zero-order valence-electron chi connectivity index (χ0n) is 21.1. The molecule has 1 fully saturated rings. The molecule has 3 aliphatic heterocycles. The van der Waals surface area contributed by atoms with Crippen LogP contribution in [0.15, 0.2) is 48.7 Å². The van der Waals surface area contributed by atoms with E-state index in [-0.39, 0.29) is 11.8 Å². The summed E-state index contributed by atoms with van der Waals surface area (Å²) >= 11 is 0. The summed E-state index contributed by atoms with van der Waals surface area (Å²) in [5.74, 6) is 0.0375.